The van der Waals surface area contributed by atoms with Crippen molar-refractivity contribution in [3.05, 3.63) is 54.4 Å². The minimum Gasteiger partial charge on any atom is -0.352 e. The molecule has 0 radical (unpaired) electrons. The quantitative estimate of drug-likeness (QED) is 0.766. The third kappa shape index (κ3) is 4.98. The summed E-state index contributed by atoms with van der Waals surface area (Å²) in [7, 11) is 0. The summed E-state index contributed by atoms with van der Waals surface area (Å²) in [4.78, 5) is 31.2. The van der Waals surface area contributed by atoms with E-state index in [4.69, 9.17) is 0 Å². The van der Waals surface area contributed by atoms with E-state index in [1.54, 1.807) is 29.1 Å². The molecule has 1 aromatic heterocycles. The van der Waals surface area contributed by atoms with Crippen molar-refractivity contribution in [2.75, 3.05) is 18.1 Å². The number of rotatable bonds is 6. The van der Waals surface area contributed by atoms with Crippen LogP contribution >= 0.6 is 11.8 Å². The maximum atomic E-state index is 12.8. The van der Waals surface area contributed by atoms with Crippen LogP contribution in [0.15, 0.2) is 53.7 Å². The highest BCUT2D eigenvalue weighted by Gasteiger charge is 2.25. The fraction of sp³-hybridized carbons (Fsp3) is 0.316. The molecule has 1 fully saturated rings. The summed E-state index contributed by atoms with van der Waals surface area (Å²) in [6, 6.07) is 11.3. The van der Waals surface area contributed by atoms with Crippen LogP contribution in [0.1, 0.15) is 18.4 Å². The lowest BCUT2D eigenvalue weighted by atomic mass is 10.2. The number of benzene rings is 1. The van der Waals surface area contributed by atoms with Crippen molar-refractivity contribution in [3.63, 3.8) is 0 Å². The fourth-order valence-corrected chi connectivity index (χ4v) is 3.29. The average Bonchev–Trinajstić information content (AvgIpc) is 3.07. The molecule has 2 aromatic rings. The number of hydrogen-bond donors (Lipinski definition) is 2. The zero-order chi connectivity index (χ0) is 18.4. The van der Waals surface area contributed by atoms with Gasteiger partial charge in [-0.3, -0.25) is 9.78 Å². The number of nitrogens with zero attached hydrogens (tertiary/aromatic N) is 2. The largest absolute Gasteiger partial charge is 0.352 e. The van der Waals surface area contributed by atoms with Crippen LogP contribution in [-0.4, -0.2) is 40.7 Å². The number of anilines is 1. The number of urea groups is 1. The third-order valence-corrected chi connectivity index (χ3v) is 5.02. The number of carbonyl (C=O) groups excluding carboxylic acids is 2. The monoisotopic (exact) mass is 370 g/mol. The summed E-state index contributed by atoms with van der Waals surface area (Å²) in [6.45, 7) is 0.937. The van der Waals surface area contributed by atoms with E-state index in [0.29, 0.717) is 19.5 Å². The summed E-state index contributed by atoms with van der Waals surface area (Å²) in [5, 5.41) is 5.88. The first-order valence-corrected chi connectivity index (χ1v) is 9.75. The van der Waals surface area contributed by atoms with Crippen molar-refractivity contribution in [1.29, 1.82) is 0 Å². The molecule has 0 saturated carbocycles. The number of nitrogens with one attached hydrogen (secondary N) is 2. The van der Waals surface area contributed by atoms with Gasteiger partial charge in [0.1, 0.15) is 0 Å². The molecule has 7 heteroatoms. The first-order chi connectivity index (χ1) is 12.6. The molecule has 1 aliphatic rings. The van der Waals surface area contributed by atoms with Crippen molar-refractivity contribution < 1.29 is 9.59 Å². The van der Waals surface area contributed by atoms with Crippen molar-refractivity contribution in [3.8, 4) is 0 Å². The first kappa shape index (κ1) is 18.3. The van der Waals surface area contributed by atoms with E-state index in [1.807, 2.05) is 42.7 Å². The molecule has 26 heavy (non-hydrogen) atoms. The molecule has 3 amide bonds. The van der Waals surface area contributed by atoms with Gasteiger partial charge < -0.3 is 15.5 Å². The molecule has 1 unspecified atom stereocenters. The molecular formula is C19H22N4O2S. The zero-order valence-corrected chi connectivity index (χ0v) is 15.5. The van der Waals surface area contributed by atoms with Crippen LogP contribution in [0.5, 0.6) is 0 Å². The summed E-state index contributed by atoms with van der Waals surface area (Å²) >= 11 is 1.66. The highest BCUT2D eigenvalue weighted by atomic mass is 32.2. The molecule has 3 rings (SSSR count). The van der Waals surface area contributed by atoms with Gasteiger partial charge in [0.05, 0.1) is 0 Å². The van der Waals surface area contributed by atoms with E-state index < -0.39 is 0 Å². The summed E-state index contributed by atoms with van der Waals surface area (Å²) < 4.78 is 0. The van der Waals surface area contributed by atoms with Crippen LogP contribution < -0.4 is 10.6 Å². The maximum Gasteiger partial charge on any atom is 0.322 e. The SMILES string of the molecule is CSc1ccc(NC(=O)N(Cc2ccncc2)CC2CCC(=O)N2)cc1. The molecular weight excluding hydrogens is 348 g/mol. The van der Waals surface area contributed by atoms with Gasteiger partial charge in [-0.25, -0.2) is 4.79 Å². The normalized spacial score (nSPS) is 16.2. The van der Waals surface area contributed by atoms with E-state index >= 15 is 0 Å². The number of hydrogen-bond acceptors (Lipinski definition) is 4. The molecule has 2 heterocycles. The van der Waals surface area contributed by atoms with Gasteiger partial charge in [0, 0.05) is 48.5 Å². The lowest BCUT2D eigenvalue weighted by Crippen LogP contribution is -2.43. The number of thioether (sulfide) groups is 1. The van der Waals surface area contributed by atoms with Gasteiger partial charge >= 0.3 is 6.03 Å². The number of carbonyl (C=O) groups is 2. The predicted molar refractivity (Wildman–Crippen MR) is 103 cm³/mol. The second-order valence-electron chi connectivity index (χ2n) is 6.20. The van der Waals surface area contributed by atoms with E-state index in [1.165, 1.54) is 0 Å². The van der Waals surface area contributed by atoms with Crippen molar-refractivity contribution in [2.45, 2.75) is 30.3 Å². The Balaban J connectivity index is 1.69. The van der Waals surface area contributed by atoms with E-state index in [9.17, 15) is 9.59 Å². The van der Waals surface area contributed by atoms with Gasteiger partial charge in [-0.05, 0) is 54.6 Å². The Kier molecular flexibility index (Phi) is 6.12. The molecule has 1 atom stereocenters. The van der Waals surface area contributed by atoms with Gasteiger partial charge in [0.2, 0.25) is 5.91 Å². The van der Waals surface area contributed by atoms with Crippen LogP contribution in [-0.2, 0) is 11.3 Å². The van der Waals surface area contributed by atoms with E-state index in [-0.39, 0.29) is 18.0 Å². The van der Waals surface area contributed by atoms with Gasteiger partial charge in [-0.15, -0.1) is 11.8 Å². The van der Waals surface area contributed by atoms with Crippen LogP contribution in [0.25, 0.3) is 0 Å². The lowest BCUT2D eigenvalue weighted by molar-refractivity contribution is -0.119. The predicted octanol–water partition coefficient (Wildman–Crippen LogP) is 3.12. The Morgan fingerprint density at radius 1 is 1.27 bits per heavy atom. The Labute approximate surface area is 157 Å². The van der Waals surface area contributed by atoms with Gasteiger partial charge in [-0.1, -0.05) is 0 Å². The third-order valence-electron chi connectivity index (χ3n) is 4.28. The van der Waals surface area contributed by atoms with Gasteiger partial charge in [0.25, 0.3) is 0 Å². The Hall–Kier alpha value is -2.54. The van der Waals surface area contributed by atoms with Crippen LogP contribution in [0.2, 0.25) is 0 Å². The Morgan fingerprint density at radius 3 is 2.62 bits per heavy atom. The van der Waals surface area contributed by atoms with Gasteiger partial charge in [0.15, 0.2) is 0 Å². The van der Waals surface area contributed by atoms with Crippen LogP contribution in [0, 0.1) is 0 Å². The van der Waals surface area contributed by atoms with Crippen molar-refractivity contribution in [2.24, 2.45) is 0 Å². The average molecular weight is 370 g/mol. The number of aromatic nitrogens is 1. The van der Waals surface area contributed by atoms with Crippen molar-refractivity contribution in [1.82, 2.24) is 15.2 Å². The molecule has 0 spiro atoms. The molecule has 0 bridgehead atoms. The highest BCUT2D eigenvalue weighted by Crippen LogP contribution is 2.18. The maximum absolute atomic E-state index is 12.8. The van der Waals surface area contributed by atoms with Crippen LogP contribution in [0.4, 0.5) is 10.5 Å². The minimum absolute atomic E-state index is 0.00560. The lowest BCUT2D eigenvalue weighted by Gasteiger charge is -2.26. The molecule has 136 valence electrons. The van der Waals surface area contributed by atoms with E-state index in [0.717, 1.165) is 22.6 Å². The first-order valence-electron chi connectivity index (χ1n) is 8.52. The summed E-state index contributed by atoms with van der Waals surface area (Å²) in [6.07, 6.45) is 6.71. The second-order valence-corrected chi connectivity index (χ2v) is 7.08. The zero-order valence-electron chi connectivity index (χ0n) is 14.6. The Bertz CT molecular complexity index is 752. The topological polar surface area (TPSA) is 74.3 Å². The van der Waals surface area contributed by atoms with Crippen molar-refractivity contribution >= 4 is 29.4 Å². The highest BCUT2D eigenvalue weighted by molar-refractivity contribution is 7.98. The molecule has 1 aromatic carbocycles. The van der Waals surface area contributed by atoms with Gasteiger partial charge in [-0.2, -0.15) is 0 Å². The molecule has 2 N–H and O–H groups in total. The second kappa shape index (κ2) is 8.71. The van der Waals surface area contributed by atoms with E-state index in [2.05, 4.69) is 15.6 Å². The smallest absolute Gasteiger partial charge is 0.322 e. The number of pyridine rings is 1. The Morgan fingerprint density at radius 2 is 2.00 bits per heavy atom. The molecule has 0 aliphatic carbocycles. The number of amides is 3. The molecule has 6 nitrogen and oxygen atoms in total. The summed E-state index contributed by atoms with van der Waals surface area (Å²) in [5.74, 6) is 0.0481. The molecule has 1 saturated heterocycles. The van der Waals surface area contributed by atoms with Crippen LogP contribution in [0.3, 0.4) is 0 Å². The summed E-state index contributed by atoms with van der Waals surface area (Å²) in [5.41, 5.74) is 1.75. The standard InChI is InChI=1S/C19H22N4O2S/c1-26-17-5-2-15(3-6-17)22-19(25)23(12-14-8-10-20-11-9-14)13-16-4-7-18(24)21-16/h2-3,5-6,8-11,16H,4,7,12-13H2,1H3,(H,21,24)(H,22,25). The fourth-order valence-electron chi connectivity index (χ4n) is 2.89. The molecule has 1 aliphatic heterocycles. The minimum atomic E-state index is -0.181.